The molecule has 18 heavy (non-hydrogen) atoms. The van der Waals surface area contributed by atoms with Crippen LogP contribution in [0.15, 0.2) is 47.5 Å². The smallest absolute Gasteiger partial charge is 0.290 e. The van der Waals surface area contributed by atoms with Gasteiger partial charge in [0.2, 0.25) is 0 Å². The van der Waals surface area contributed by atoms with Crippen molar-refractivity contribution in [1.82, 2.24) is 9.97 Å². The average Bonchev–Trinajstić information content (AvgIpc) is 2.40. The van der Waals surface area contributed by atoms with E-state index in [-0.39, 0.29) is 5.56 Å². The van der Waals surface area contributed by atoms with Crippen LogP contribution in [0.4, 0.5) is 5.82 Å². The predicted octanol–water partition coefficient (Wildman–Crippen LogP) is 2.02. The van der Waals surface area contributed by atoms with Gasteiger partial charge in [-0.15, -0.1) is 11.6 Å². The molecule has 5 heteroatoms. The van der Waals surface area contributed by atoms with E-state index in [1.54, 1.807) is 6.20 Å². The summed E-state index contributed by atoms with van der Waals surface area (Å²) < 4.78 is 0. The number of hydrogen-bond acceptors (Lipinski definition) is 3. The lowest BCUT2D eigenvalue weighted by Gasteiger charge is -2.21. The third-order valence-electron chi connectivity index (χ3n) is 2.56. The van der Waals surface area contributed by atoms with Crippen LogP contribution >= 0.6 is 11.6 Å². The molecule has 0 unspecified atom stereocenters. The van der Waals surface area contributed by atoms with Crippen molar-refractivity contribution in [3.63, 3.8) is 0 Å². The van der Waals surface area contributed by atoms with Gasteiger partial charge in [0.25, 0.3) is 5.56 Å². The minimum absolute atomic E-state index is 0.196. The van der Waals surface area contributed by atoms with Gasteiger partial charge in [-0.3, -0.25) is 4.79 Å². The summed E-state index contributed by atoms with van der Waals surface area (Å²) in [6.45, 7) is 1.20. The molecule has 0 bridgehead atoms. The number of nitrogens with zero attached hydrogens (tertiary/aromatic N) is 2. The number of aromatic nitrogens is 2. The van der Waals surface area contributed by atoms with E-state index in [2.05, 4.69) is 9.97 Å². The minimum atomic E-state index is -0.196. The number of hydrogen-bond donors (Lipinski definition) is 1. The van der Waals surface area contributed by atoms with Crippen LogP contribution in [-0.4, -0.2) is 22.4 Å². The van der Waals surface area contributed by atoms with Gasteiger partial charge in [-0.25, -0.2) is 4.98 Å². The maximum absolute atomic E-state index is 11.7. The van der Waals surface area contributed by atoms with Crippen molar-refractivity contribution in [1.29, 1.82) is 0 Å². The number of anilines is 1. The number of benzene rings is 1. The highest BCUT2D eigenvalue weighted by atomic mass is 35.5. The Labute approximate surface area is 110 Å². The quantitative estimate of drug-likeness (QED) is 0.840. The van der Waals surface area contributed by atoms with Crippen molar-refractivity contribution in [2.24, 2.45) is 0 Å². The number of alkyl halides is 1. The SMILES string of the molecule is O=c1[nH]ccnc1N(CCCl)Cc1ccccc1. The molecule has 1 heterocycles. The molecule has 94 valence electrons. The Morgan fingerprint density at radius 3 is 2.72 bits per heavy atom. The van der Waals surface area contributed by atoms with E-state index in [1.807, 2.05) is 35.2 Å². The van der Waals surface area contributed by atoms with E-state index in [1.165, 1.54) is 6.20 Å². The van der Waals surface area contributed by atoms with Crippen LogP contribution < -0.4 is 10.5 Å². The monoisotopic (exact) mass is 263 g/mol. The van der Waals surface area contributed by atoms with Crippen molar-refractivity contribution < 1.29 is 0 Å². The third-order valence-corrected chi connectivity index (χ3v) is 2.73. The second kappa shape index (κ2) is 6.21. The summed E-state index contributed by atoms with van der Waals surface area (Å²) in [6.07, 6.45) is 3.09. The first-order valence-corrected chi connectivity index (χ1v) is 6.23. The van der Waals surface area contributed by atoms with E-state index < -0.39 is 0 Å². The molecular weight excluding hydrogens is 250 g/mol. The summed E-state index contributed by atoms with van der Waals surface area (Å²) in [6, 6.07) is 9.92. The molecule has 0 atom stereocenters. The molecule has 1 aromatic carbocycles. The van der Waals surface area contributed by atoms with Gasteiger partial charge in [0, 0.05) is 31.4 Å². The van der Waals surface area contributed by atoms with Crippen LogP contribution in [0.5, 0.6) is 0 Å². The lowest BCUT2D eigenvalue weighted by atomic mass is 10.2. The average molecular weight is 264 g/mol. The van der Waals surface area contributed by atoms with Gasteiger partial charge in [-0.05, 0) is 5.56 Å². The molecule has 0 radical (unpaired) electrons. The molecule has 0 saturated heterocycles. The fourth-order valence-corrected chi connectivity index (χ4v) is 1.94. The Bertz CT molecular complexity index is 541. The van der Waals surface area contributed by atoms with E-state index in [0.29, 0.717) is 24.8 Å². The van der Waals surface area contributed by atoms with Gasteiger partial charge in [0.1, 0.15) is 0 Å². The third kappa shape index (κ3) is 3.11. The second-order valence-corrected chi connectivity index (χ2v) is 4.22. The molecule has 0 aliphatic heterocycles. The number of halogens is 1. The highest BCUT2D eigenvalue weighted by Gasteiger charge is 2.11. The first kappa shape index (κ1) is 12.6. The lowest BCUT2D eigenvalue weighted by Crippen LogP contribution is -2.31. The molecule has 0 aliphatic rings. The zero-order chi connectivity index (χ0) is 12.8. The van der Waals surface area contributed by atoms with Gasteiger partial charge < -0.3 is 9.88 Å². The zero-order valence-corrected chi connectivity index (χ0v) is 10.6. The van der Waals surface area contributed by atoms with Crippen molar-refractivity contribution in [2.75, 3.05) is 17.3 Å². The molecule has 4 nitrogen and oxygen atoms in total. The summed E-state index contributed by atoms with van der Waals surface area (Å²) in [5.74, 6) is 0.852. The van der Waals surface area contributed by atoms with Crippen LogP contribution in [-0.2, 0) is 6.54 Å². The Kier molecular flexibility index (Phi) is 4.36. The summed E-state index contributed by atoms with van der Waals surface area (Å²) in [5, 5.41) is 0. The maximum atomic E-state index is 11.7. The van der Waals surface area contributed by atoms with E-state index in [0.717, 1.165) is 5.56 Å². The summed E-state index contributed by atoms with van der Waals surface area (Å²) in [7, 11) is 0. The molecule has 0 aliphatic carbocycles. The fourth-order valence-electron chi connectivity index (χ4n) is 1.73. The molecule has 2 rings (SSSR count). The minimum Gasteiger partial charge on any atom is -0.347 e. The Morgan fingerprint density at radius 1 is 1.28 bits per heavy atom. The topological polar surface area (TPSA) is 49.0 Å². The molecule has 1 N–H and O–H groups in total. The number of aromatic amines is 1. The van der Waals surface area contributed by atoms with Crippen molar-refractivity contribution in [2.45, 2.75) is 6.54 Å². The standard InChI is InChI=1S/C13H14ClN3O/c14-6-9-17(10-11-4-2-1-3-5-11)12-13(18)16-8-7-15-12/h1-5,7-8H,6,9-10H2,(H,16,18). The van der Waals surface area contributed by atoms with Crippen molar-refractivity contribution in [3.8, 4) is 0 Å². The van der Waals surface area contributed by atoms with Crippen LogP contribution in [0.2, 0.25) is 0 Å². The second-order valence-electron chi connectivity index (χ2n) is 3.84. The van der Waals surface area contributed by atoms with Gasteiger partial charge in [-0.2, -0.15) is 0 Å². The molecule has 1 aromatic heterocycles. The van der Waals surface area contributed by atoms with Crippen molar-refractivity contribution >= 4 is 17.4 Å². The molecule has 0 spiro atoms. The van der Waals surface area contributed by atoms with E-state index >= 15 is 0 Å². The molecule has 0 amide bonds. The summed E-state index contributed by atoms with van der Waals surface area (Å²) in [5.41, 5.74) is 0.922. The van der Waals surface area contributed by atoms with Crippen LogP contribution in [0.25, 0.3) is 0 Å². The first-order chi connectivity index (χ1) is 8.81. The highest BCUT2D eigenvalue weighted by Crippen LogP contribution is 2.09. The van der Waals surface area contributed by atoms with Gasteiger partial charge in [-0.1, -0.05) is 30.3 Å². The van der Waals surface area contributed by atoms with Crippen LogP contribution in [0.1, 0.15) is 5.56 Å². The van der Waals surface area contributed by atoms with Gasteiger partial charge >= 0.3 is 0 Å². The fraction of sp³-hybridized carbons (Fsp3) is 0.231. The normalized spacial score (nSPS) is 10.3. The highest BCUT2D eigenvalue weighted by molar-refractivity contribution is 6.18. The van der Waals surface area contributed by atoms with E-state index in [4.69, 9.17) is 11.6 Å². The number of nitrogens with one attached hydrogen (secondary N) is 1. The zero-order valence-electron chi connectivity index (χ0n) is 9.84. The summed E-state index contributed by atoms with van der Waals surface area (Å²) in [4.78, 5) is 20.3. The molecule has 2 aromatic rings. The van der Waals surface area contributed by atoms with Gasteiger partial charge in [0.05, 0.1) is 0 Å². The van der Waals surface area contributed by atoms with Crippen LogP contribution in [0.3, 0.4) is 0 Å². The molecule has 0 saturated carbocycles. The van der Waals surface area contributed by atoms with Crippen LogP contribution in [0, 0.1) is 0 Å². The van der Waals surface area contributed by atoms with Crippen molar-refractivity contribution in [3.05, 3.63) is 58.6 Å². The first-order valence-electron chi connectivity index (χ1n) is 5.70. The Balaban J connectivity index is 2.24. The number of rotatable bonds is 5. The summed E-state index contributed by atoms with van der Waals surface area (Å²) >= 11 is 5.78. The maximum Gasteiger partial charge on any atom is 0.290 e. The number of H-pyrrole nitrogens is 1. The lowest BCUT2D eigenvalue weighted by molar-refractivity contribution is 0.805. The van der Waals surface area contributed by atoms with Gasteiger partial charge in [0.15, 0.2) is 5.82 Å². The molecular formula is C13H14ClN3O. The molecule has 0 fully saturated rings. The largest absolute Gasteiger partial charge is 0.347 e. The Hall–Kier alpha value is -1.81. The Morgan fingerprint density at radius 2 is 2.06 bits per heavy atom. The van der Waals surface area contributed by atoms with E-state index in [9.17, 15) is 4.79 Å². The predicted molar refractivity (Wildman–Crippen MR) is 73.1 cm³/mol.